The standard InChI is InChI=1S/C12H12O.C12H14O.C2H6/c1-9-5-3-7-11-10(9)6-4-8-12(11)13-2;1-5-10-6-7-11(13-4)8-12(10)9(2)3;1-2/h3-8H,1-2H3;5-8H,1-2H2,3-4H3;1-2H3. The average Bonchev–Trinajstić information content (AvgIpc) is 2.75. The highest BCUT2D eigenvalue weighted by atomic mass is 16.5. The zero-order chi connectivity index (χ0) is 21.1. The lowest BCUT2D eigenvalue weighted by atomic mass is 10.0. The summed E-state index contributed by atoms with van der Waals surface area (Å²) in [4.78, 5) is 0. The molecule has 3 aromatic carbocycles. The number of hydrogen-bond donors (Lipinski definition) is 0. The van der Waals surface area contributed by atoms with Gasteiger partial charge in [0.1, 0.15) is 11.5 Å². The summed E-state index contributed by atoms with van der Waals surface area (Å²) in [5.74, 6) is 1.80. The summed E-state index contributed by atoms with van der Waals surface area (Å²) in [5, 5.41) is 2.45. The molecule has 0 radical (unpaired) electrons. The number of ether oxygens (including phenoxy) is 2. The average molecular weight is 377 g/mol. The Balaban J connectivity index is 0.000000257. The van der Waals surface area contributed by atoms with Gasteiger partial charge in [0.25, 0.3) is 0 Å². The van der Waals surface area contributed by atoms with Gasteiger partial charge in [-0.2, -0.15) is 0 Å². The largest absolute Gasteiger partial charge is 0.497 e. The molecule has 0 heterocycles. The fourth-order valence-electron chi connectivity index (χ4n) is 2.83. The van der Waals surface area contributed by atoms with E-state index in [0.717, 1.165) is 28.2 Å². The third kappa shape index (κ3) is 5.75. The van der Waals surface area contributed by atoms with Crippen molar-refractivity contribution in [3.63, 3.8) is 0 Å². The second kappa shape index (κ2) is 11.7. The summed E-state index contributed by atoms with van der Waals surface area (Å²) in [7, 11) is 3.36. The minimum absolute atomic E-state index is 0.851. The quantitative estimate of drug-likeness (QED) is 0.468. The molecule has 0 aliphatic rings. The Hall–Kier alpha value is -3.00. The molecule has 0 saturated heterocycles. The molecule has 2 heteroatoms. The van der Waals surface area contributed by atoms with Crippen molar-refractivity contribution < 1.29 is 9.47 Å². The molecule has 0 aromatic heterocycles. The number of allylic oxidation sites excluding steroid dienone is 1. The first kappa shape index (κ1) is 23.0. The molecule has 0 aliphatic carbocycles. The van der Waals surface area contributed by atoms with Gasteiger partial charge >= 0.3 is 0 Å². The van der Waals surface area contributed by atoms with E-state index in [-0.39, 0.29) is 0 Å². The first-order valence-corrected chi connectivity index (χ1v) is 9.50. The molecule has 0 spiro atoms. The third-order valence-electron chi connectivity index (χ3n) is 4.26. The van der Waals surface area contributed by atoms with Gasteiger partial charge in [-0.25, -0.2) is 0 Å². The van der Waals surface area contributed by atoms with Gasteiger partial charge in [-0.1, -0.05) is 75.1 Å². The van der Waals surface area contributed by atoms with Crippen LogP contribution in [0.25, 0.3) is 22.4 Å². The van der Waals surface area contributed by atoms with E-state index in [4.69, 9.17) is 9.47 Å². The maximum Gasteiger partial charge on any atom is 0.126 e. The van der Waals surface area contributed by atoms with E-state index in [1.165, 1.54) is 16.3 Å². The summed E-state index contributed by atoms with van der Waals surface area (Å²) < 4.78 is 10.4. The van der Waals surface area contributed by atoms with E-state index < -0.39 is 0 Å². The minimum atomic E-state index is 0.851. The Morgan fingerprint density at radius 2 is 1.54 bits per heavy atom. The number of benzene rings is 3. The molecule has 0 atom stereocenters. The van der Waals surface area contributed by atoms with Gasteiger partial charge in [0.05, 0.1) is 14.2 Å². The van der Waals surface area contributed by atoms with Gasteiger partial charge in [0.15, 0.2) is 0 Å². The summed E-state index contributed by atoms with van der Waals surface area (Å²) in [5.41, 5.74) is 4.49. The van der Waals surface area contributed by atoms with Crippen molar-refractivity contribution in [3.8, 4) is 11.5 Å². The van der Waals surface area contributed by atoms with Crippen LogP contribution in [-0.4, -0.2) is 14.2 Å². The zero-order valence-electron chi connectivity index (χ0n) is 18.0. The van der Waals surface area contributed by atoms with Crippen LogP contribution in [0.4, 0.5) is 0 Å². The first-order chi connectivity index (χ1) is 13.5. The van der Waals surface area contributed by atoms with Crippen molar-refractivity contribution in [1.29, 1.82) is 0 Å². The molecule has 0 aliphatic heterocycles. The van der Waals surface area contributed by atoms with E-state index in [2.05, 4.69) is 44.3 Å². The second-order valence-electron chi connectivity index (χ2n) is 6.07. The van der Waals surface area contributed by atoms with Crippen molar-refractivity contribution in [2.45, 2.75) is 27.7 Å². The molecule has 148 valence electrons. The molecular weight excluding hydrogens is 344 g/mol. The summed E-state index contributed by atoms with van der Waals surface area (Å²) in [6, 6.07) is 18.3. The van der Waals surface area contributed by atoms with E-state index in [9.17, 15) is 0 Å². The number of aryl methyl sites for hydroxylation is 1. The van der Waals surface area contributed by atoms with Crippen LogP contribution in [0.15, 0.2) is 67.8 Å². The number of hydrogen-bond acceptors (Lipinski definition) is 2. The Bertz CT molecular complexity index is 923. The number of rotatable bonds is 4. The molecule has 0 fully saturated rings. The molecule has 3 rings (SSSR count). The predicted molar refractivity (Wildman–Crippen MR) is 124 cm³/mol. The van der Waals surface area contributed by atoms with Crippen LogP contribution in [0.3, 0.4) is 0 Å². The minimum Gasteiger partial charge on any atom is -0.497 e. The lowest BCUT2D eigenvalue weighted by Gasteiger charge is -2.07. The second-order valence-corrected chi connectivity index (χ2v) is 6.07. The smallest absolute Gasteiger partial charge is 0.126 e. The monoisotopic (exact) mass is 376 g/mol. The SMILES string of the molecule is C=Cc1ccc(OC)cc1C(=C)C.CC.COc1cccc2c(C)cccc12. The van der Waals surface area contributed by atoms with Gasteiger partial charge in [-0.3, -0.25) is 0 Å². The van der Waals surface area contributed by atoms with Crippen LogP contribution >= 0.6 is 0 Å². The summed E-state index contributed by atoms with van der Waals surface area (Å²) >= 11 is 0. The molecular formula is C26H32O2. The number of methoxy groups -OCH3 is 2. The maximum absolute atomic E-state index is 5.28. The van der Waals surface area contributed by atoms with Crippen LogP contribution in [-0.2, 0) is 0 Å². The van der Waals surface area contributed by atoms with Gasteiger partial charge in [0.2, 0.25) is 0 Å². The Labute approximate surface area is 170 Å². The van der Waals surface area contributed by atoms with E-state index >= 15 is 0 Å². The van der Waals surface area contributed by atoms with Gasteiger partial charge in [-0.05, 0) is 54.1 Å². The van der Waals surface area contributed by atoms with Gasteiger partial charge in [0, 0.05) is 5.39 Å². The van der Waals surface area contributed by atoms with Crippen molar-refractivity contribution >= 4 is 22.4 Å². The topological polar surface area (TPSA) is 18.5 Å². The van der Waals surface area contributed by atoms with Crippen molar-refractivity contribution in [3.05, 3.63) is 84.4 Å². The first-order valence-electron chi connectivity index (χ1n) is 9.50. The van der Waals surface area contributed by atoms with E-state index in [1.807, 2.05) is 57.2 Å². The van der Waals surface area contributed by atoms with Crippen molar-refractivity contribution in [2.75, 3.05) is 14.2 Å². The third-order valence-corrected chi connectivity index (χ3v) is 4.26. The predicted octanol–water partition coefficient (Wildman–Crippen LogP) is 7.55. The Kier molecular flexibility index (Phi) is 9.59. The molecule has 0 bridgehead atoms. The normalized spacial score (nSPS) is 9.36. The molecule has 0 unspecified atom stereocenters. The molecule has 0 saturated carbocycles. The Morgan fingerprint density at radius 3 is 2.11 bits per heavy atom. The molecule has 2 nitrogen and oxygen atoms in total. The zero-order valence-corrected chi connectivity index (χ0v) is 18.0. The van der Waals surface area contributed by atoms with Crippen LogP contribution in [0.2, 0.25) is 0 Å². The molecule has 3 aromatic rings. The van der Waals surface area contributed by atoms with Crippen LogP contribution in [0, 0.1) is 6.92 Å². The van der Waals surface area contributed by atoms with Crippen LogP contribution in [0.1, 0.15) is 37.5 Å². The fraction of sp³-hybridized carbons (Fsp3) is 0.231. The summed E-state index contributed by atoms with van der Waals surface area (Å²) in [6.07, 6.45) is 1.82. The van der Waals surface area contributed by atoms with Crippen molar-refractivity contribution in [1.82, 2.24) is 0 Å². The lowest BCUT2D eigenvalue weighted by Crippen LogP contribution is -1.88. The van der Waals surface area contributed by atoms with Crippen molar-refractivity contribution in [2.24, 2.45) is 0 Å². The highest BCUT2D eigenvalue weighted by molar-refractivity contribution is 5.90. The van der Waals surface area contributed by atoms with Crippen LogP contribution in [0.5, 0.6) is 11.5 Å². The highest BCUT2D eigenvalue weighted by Gasteiger charge is 2.02. The van der Waals surface area contributed by atoms with Crippen LogP contribution < -0.4 is 9.47 Å². The van der Waals surface area contributed by atoms with E-state index in [1.54, 1.807) is 14.2 Å². The number of fused-ring (bicyclic) bond motifs is 1. The highest BCUT2D eigenvalue weighted by Crippen LogP contribution is 2.27. The lowest BCUT2D eigenvalue weighted by molar-refractivity contribution is 0.414. The van der Waals surface area contributed by atoms with E-state index in [0.29, 0.717) is 0 Å². The fourth-order valence-corrected chi connectivity index (χ4v) is 2.83. The van der Waals surface area contributed by atoms with Gasteiger partial charge in [-0.15, -0.1) is 0 Å². The molecule has 0 amide bonds. The summed E-state index contributed by atoms with van der Waals surface area (Å²) in [6.45, 7) is 15.7. The Morgan fingerprint density at radius 1 is 0.893 bits per heavy atom. The van der Waals surface area contributed by atoms with Gasteiger partial charge < -0.3 is 9.47 Å². The molecule has 0 N–H and O–H groups in total. The maximum atomic E-state index is 5.28. The molecule has 28 heavy (non-hydrogen) atoms.